The van der Waals surface area contributed by atoms with Gasteiger partial charge in [-0.2, -0.15) is 0 Å². The van der Waals surface area contributed by atoms with Crippen LogP contribution >= 0.6 is 0 Å². The van der Waals surface area contributed by atoms with Gasteiger partial charge in [0.25, 0.3) is 0 Å². The number of amides is 2. The van der Waals surface area contributed by atoms with Crippen LogP contribution in [-0.2, 0) is 9.59 Å². The molecule has 0 unspecified atom stereocenters. The second kappa shape index (κ2) is 5.93. The fraction of sp³-hybridized carbons (Fsp3) is 0.867. The van der Waals surface area contributed by atoms with E-state index < -0.39 is 5.41 Å². The van der Waals surface area contributed by atoms with Crippen LogP contribution in [0.2, 0.25) is 0 Å². The molecule has 2 amide bonds. The van der Waals surface area contributed by atoms with Gasteiger partial charge in [-0.3, -0.25) is 9.59 Å². The van der Waals surface area contributed by atoms with Crippen LogP contribution in [0.25, 0.3) is 0 Å². The zero-order valence-electron chi connectivity index (χ0n) is 13.0. The topological polar surface area (TPSA) is 49.4 Å². The second-order valence-electron chi connectivity index (χ2n) is 6.58. The maximum atomic E-state index is 12.6. The van der Waals surface area contributed by atoms with E-state index in [0.29, 0.717) is 12.8 Å². The highest BCUT2D eigenvalue weighted by molar-refractivity contribution is 6.08. The molecule has 0 radical (unpaired) electrons. The number of nitrogens with one attached hydrogen (secondary N) is 1. The minimum atomic E-state index is -0.766. The zero-order chi connectivity index (χ0) is 14.7. The van der Waals surface area contributed by atoms with Crippen molar-refractivity contribution in [2.75, 3.05) is 13.1 Å². The molecule has 0 heterocycles. The van der Waals surface area contributed by atoms with Crippen LogP contribution in [0.5, 0.6) is 0 Å². The largest absolute Gasteiger partial charge is 0.351 e. The Bertz CT molecular complexity index is 335. The first kappa shape index (κ1) is 16.0. The monoisotopic (exact) mass is 268 g/mol. The molecular weight excluding hydrogens is 240 g/mol. The maximum Gasteiger partial charge on any atom is 0.238 e. The summed E-state index contributed by atoms with van der Waals surface area (Å²) in [4.78, 5) is 26.8. The van der Waals surface area contributed by atoms with Crippen molar-refractivity contribution >= 4 is 11.8 Å². The molecule has 4 nitrogen and oxygen atoms in total. The van der Waals surface area contributed by atoms with Gasteiger partial charge in [0.05, 0.1) is 0 Å². The summed E-state index contributed by atoms with van der Waals surface area (Å²) >= 11 is 0. The lowest BCUT2D eigenvalue weighted by atomic mass is 10.0. The molecule has 0 spiro atoms. The normalized spacial score (nSPS) is 16.9. The second-order valence-corrected chi connectivity index (χ2v) is 6.58. The Hall–Kier alpha value is -1.06. The molecule has 1 aliphatic carbocycles. The van der Waals surface area contributed by atoms with Gasteiger partial charge in [0.1, 0.15) is 5.41 Å². The minimum absolute atomic E-state index is 0.0259. The molecule has 19 heavy (non-hydrogen) atoms. The fourth-order valence-electron chi connectivity index (χ4n) is 2.28. The van der Waals surface area contributed by atoms with E-state index in [1.165, 1.54) is 0 Å². The molecule has 1 rings (SSSR count). The number of hydrogen-bond acceptors (Lipinski definition) is 2. The van der Waals surface area contributed by atoms with Gasteiger partial charge in [-0.1, -0.05) is 13.8 Å². The Kier molecular flexibility index (Phi) is 4.99. The van der Waals surface area contributed by atoms with Crippen LogP contribution in [0, 0.1) is 5.41 Å². The van der Waals surface area contributed by atoms with Crippen LogP contribution in [0.15, 0.2) is 0 Å². The standard InChI is InChI=1S/C15H28N2O2/c1-6-10-17(11-7-2)13(19)15(8-9-15)12(18)16-14(3,4)5/h6-11H2,1-5H3,(H,16,18). The molecule has 0 aromatic heterocycles. The third-order valence-electron chi connectivity index (χ3n) is 3.36. The summed E-state index contributed by atoms with van der Waals surface area (Å²) in [5, 5.41) is 2.96. The summed E-state index contributed by atoms with van der Waals surface area (Å²) in [6, 6.07) is 0. The predicted octanol–water partition coefficient (Wildman–Crippen LogP) is 2.33. The van der Waals surface area contributed by atoms with E-state index in [-0.39, 0.29) is 17.4 Å². The molecule has 0 bridgehead atoms. The maximum absolute atomic E-state index is 12.6. The smallest absolute Gasteiger partial charge is 0.238 e. The summed E-state index contributed by atoms with van der Waals surface area (Å²) in [5.74, 6) is -0.0693. The Morgan fingerprint density at radius 3 is 1.89 bits per heavy atom. The van der Waals surface area contributed by atoms with E-state index in [9.17, 15) is 9.59 Å². The van der Waals surface area contributed by atoms with Gasteiger partial charge in [0.2, 0.25) is 11.8 Å². The van der Waals surface area contributed by atoms with Gasteiger partial charge < -0.3 is 10.2 Å². The summed E-state index contributed by atoms with van der Waals surface area (Å²) in [6.07, 6.45) is 3.25. The first-order chi connectivity index (χ1) is 8.77. The van der Waals surface area contributed by atoms with E-state index in [2.05, 4.69) is 19.2 Å². The van der Waals surface area contributed by atoms with E-state index in [1.54, 1.807) is 0 Å². The predicted molar refractivity (Wildman–Crippen MR) is 76.7 cm³/mol. The highest BCUT2D eigenvalue weighted by Gasteiger charge is 2.58. The SMILES string of the molecule is CCCN(CCC)C(=O)C1(C(=O)NC(C)(C)C)CC1. The van der Waals surface area contributed by atoms with Gasteiger partial charge in [0, 0.05) is 18.6 Å². The summed E-state index contributed by atoms with van der Waals surface area (Å²) < 4.78 is 0. The molecule has 0 aliphatic heterocycles. The third kappa shape index (κ3) is 3.95. The molecule has 0 aromatic rings. The van der Waals surface area contributed by atoms with Crippen molar-refractivity contribution in [3.05, 3.63) is 0 Å². The Morgan fingerprint density at radius 1 is 1.11 bits per heavy atom. The summed E-state index contributed by atoms with van der Waals surface area (Å²) in [6.45, 7) is 11.5. The highest BCUT2D eigenvalue weighted by Crippen LogP contribution is 2.47. The Labute approximate surface area is 116 Å². The van der Waals surface area contributed by atoms with Crippen LogP contribution < -0.4 is 5.32 Å². The Morgan fingerprint density at radius 2 is 1.58 bits per heavy atom. The zero-order valence-corrected chi connectivity index (χ0v) is 13.0. The van der Waals surface area contributed by atoms with Gasteiger partial charge in [-0.25, -0.2) is 0 Å². The van der Waals surface area contributed by atoms with Crippen molar-refractivity contribution in [3.8, 4) is 0 Å². The van der Waals surface area contributed by atoms with Crippen molar-refractivity contribution in [1.29, 1.82) is 0 Å². The number of nitrogens with zero attached hydrogens (tertiary/aromatic N) is 1. The van der Waals surface area contributed by atoms with Crippen molar-refractivity contribution in [3.63, 3.8) is 0 Å². The summed E-state index contributed by atoms with van der Waals surface area (Å²) in [7, 11) is 0. The van der Waals surface area contributed by atoms with Gasteiger partial charge in [-0.05, 0) is 46.5 Å². The van der Waals surface area contributed by atoms with Crippen LogP contribution in [0.4, 0.5) is 0 Å². The van der Waals surface area contributed by atoms with Crippen molar-refractivity contribution < 1.29 is 9.59 Å². The number of carbonyl (C=O) groups excluding carboxylic acids is 2. The van der Waals surface area contributed by atoms with E-state index in [4.69, 9.17) is 0 Å². The lowest BCUT2D eigenvalue weighted by Gasteiger charge is -2.29. The van der Waals surface area contributed by atoms with Crippen LogP contribution in [0.1, 0.15) is 60.3 Å². The number of carbonyl (C=O) groups is 2. The fourth-order valence-corrected chi connectivity index (χ4v) is 2.28. The van der Waals surface area contributed by atoms with Crippen molar-refractivity contribution in [1.82, 2.24) is 10.2 Å². The molecule has 1 fully saturated rings. The Balaban J connectivity index is 2.76. The van der Waals surface area contributed by atoms with Gasteiger partial charge >= 0.3 is 0 Å². The highest BCUT2D eigenvalue weighted by atomic mass is 16.2. The van der Waals surface area contributed by atoms with Crippen LogP contribution in [-0.4, -0.2) is 35.3 Å². The molecule has 4 heteroatoms. The van der Waals surface area contributed by atoms with E-state index in [1.807, 2.05) is 25.7 Å². The van der Waals surface area contributed by atoms with E-state index >= 15 is 0 Å². The molecule has 1 aliphatic rings. The quantitative estimate of drug-likeness (QED) is 0.752. The molecule has 1 N–H and O–H groups in total. The minimum Gasteiger partial charge on any atom is -0.351 e. The molecule has 110 valence electrons. The first-order valence-corrected chi connectivity index (χ1v) is 7.39. The lowest BCUT2D eigenvalue weighted by Crippen LogP contribution is -2.50. The third-order valence-corrected chi connectivity index (χ3v) is 3.36. The average Bonchev–Trinajstić information content (AvgIpc) is 3.06. The molecule has 0 aromatic carbocycles. The number of rotatable bonds is 6. The number of hydrogen-bond donors (Lipinski definition) is 1. The first-order valence-electron chi connectivity index (χ1n) is 7.39. The lowest BCUT2D eigenvalue weighted by molar-refractivity contribution is -0.144. The average molecular weight is 268 g/mol. The van der Waals surface area contributed by atoms with Gasteiger partial charge in [0.15, 0.2) is 0 Å². The molecule has 1 saturated carbocycles. The van der Waals surface area contributed by atoms with Gasteiger partial charge in [-0.15, -0.1) is 0 Å². The van der Waals surface area contributed by atoms with Crippen molar-refractivity contribution in [2.24, 2.45) is 5.41 Å². The molecule has 0 atom stereocenters. The van der Waals surface area contributed by atoms with E-state index in [0.717, 1.165) is 25.9 Å². The van der Waals surface area contributed by atoms with Crippen LogP contribution in [0.3, 0.4) is 0 Å². The van der Waals surface area contributed by atoms with Crippen molar-refractivity contribution in [2.45, 2.75) is 65.8 Å². The molecular formula is C15H28N2O2. The summed E-state index contributed by atoms with van der Waals surface area (Å²) in [5.41, 5.74) is -1.05. The molecule has 0 saturated heterocycles.